The van der Waals surface area contributed by atoms with Crippen LogP contribution in [0.25, 0.3) is 44.5 Å². The number of fused-ring (bicyclic) bond motifs is 12. The van der Waals surface area contributed by atoms with Crippen molar-refractivity contribution < 1.29 is 0 Å². The molecule has 0 spiro atoms. The summed E-state index contributed by atoms with van der Waals surface area (Å²) in [6, 6.07) is 104. The fourth-order valence-electron chi connectivity index (χ4n) is 22.2. The summed E-state index contributed by atoms with van der Waals surface area (Å²) in [5, 5.41) is 0. The highest BCUT2D eigenvalue weighted by atomic mass is 15.2. The van der Waals surface area contributed by atoms with Crippen LogP contribution >= 0.6 is 0 Å². The van der Waals surface area contributed by atoms with Gasteiger partial charge in [0, 0.05) is 44.4 Å². The Kier molecular flexibility index (Phi) is 31.5. The van der Waals surface area contributed by atoms with E-state index in [4.69, 9.17) is 0 Å². The molecule has 0 saturated carbocycles. The molecule has 4 unspecified atom stereocenters. The van der Waals surface area contributed by atoms with Gasteiger partial charge in [-0.15, -0.1) is 0 Å². The molecule has 0 aliphatic heterocycles. The molecular weight excluding hydrogens is 1640 g/mol. The number of hydrogen-bond acceptors (Lipinski definition) is 2. The van der Waals surface area contributed by atoms with Crippen LogP contribution in [0.1, 0.15) is 310 Å². The minimum Gasteiger partial charge on any atom is -0.310 e. The van der Waals surface area contributed by atoms with E-state index in [-0.39, 0.29) is 32.5 Å². The van der Waals surface area contributed by atoms with Crippen LogP contribution in [0.5, 0.6) is 0 Å². The van der Waals surface area contributed by atoms with E-state index in [2.05, 4.69) is 510 Å². The SMILES string of the molecule is CCC(C)CC1(CC(C)CC)c2cc(C)ccc2-c2ccc(C)cc21.CCC(C)CC1(CC(C)CC)c2cc(C)ccc2-c2ccc(C)cc21.Cc1ccc(N(c2ccccc2)c2c(C)cc(C(C)(C)C)cc2C)cc1.Cc1ccc(N(c2ccccc2)c2c(C)cc(C(C)(C)C)cc2C)cc1.Cc1ccc2c(c1)C(C)(C)c1cc(C)ccc1-2.Cc1ccc2c(c1)C(C)(C)c1cc(C)ccc1-2. The molecule has 0 heterocycles. The molecule has 0 radical (unpaired) electrons. The summed E-state index contributed by atoms with van der Waals surface area (Å²) in [4.78, 5) is 4.74. The van der Waals surface area contributed by atoms with E-state index in [1.54, 1.807) is 22.3 Å². The molecule has 14 aromatic rings. The minimum absolute atomic E-state index is 0.142. The van der Waals surface area contributed by atoms with Crippen molar-refractivity contribution in [3.63, 3.8) is 0 Å². The number of benzene rings is 14. The monoisotopic (exact) mass is 1800 g/mol. The van der Waals surface area contributed by atoms with E-state index < -0.39 is 0 Å². The summed E-state index contributed by atoms with van der Waals surface area (Å²) in [5.41, 5.74) is 53.6. The van der Waals surface area contributed by atoms with Gasteiger partial charge in [0.1, 0.15) is 0 Å². The van der Waals surface area contributed by atoms with Gasteiger partial charge >= 0.3 is 0 Å². The van der Waals surface area contributed by atoms with Crippen LogP contribution in [0.4, 0.5) is 34.1 Å². The summed E-state index contributed by atoms with van der Waals surface area (Å²) in [7, 11) is 0. The Hall–Kier alpha value is -11.3. The third-order valence-corrected chi connectivity index (χ3v) is 30.7. The van der Waals surface area contributed by atoms with Crippen LogP contribution in [0, 0.1) is 121 Å². The van der Waals surface area contributed by atoms with Gasteiger partial charge in [-0.2, -0.15) is 0 Å². The molecule has 4 aliphatic carbocycles. The predicted molar refractivity (Wildman–Crippen MR) is 596 cm³/mol. The lowest BCUT2D eigenvalue weighted by Gasteiger charge is -2.37. The van der Waals surface area contributed by atoms with Gasteiger partial charge in [0.15, 0.2) is 0 Å². The Morgan fingerprint density at radius 2 is 0.397 bits per heavy atom. The van der Waals surface area contributed by atoms with Crippen LogP contribution in [0.3, 0.4) is 0 Å². The first kappa shape index (κ1) is 102. The third-order valence-electron chi connectivity index (χ3n) is 30.7. The Labute approximate surface area is 824 Å². The zero-order valence-electron chi connectivity index (χ0n) is 89.4. The lowest BCUT2D eigenvalue weighted by molar-refractivity contribution is 0.308. The predicted octanol–water partition coefficient (Wildman–Crippen LogP) is 38.9. The molecule has 2 nitrogen and oxygen atoms in total. The average molecular weight is 1800 g/mol. The van der Waals surface area contributed by atoms with Crippen molar-refractivity contribution in [3.8, 4) is 44.5 Å². The van der Waals surface area contributed by atoms with E-state index in [1.807, 2.05) is 0 Å². The molecule has 136 heavy (non-hydrogen) atoms. The molecule has 0 saturated heterocycles. The number of para-hydroxylation sites is 2. The molecule has 0 fully saturated rings. The van der Waals surface area contributed by atoms with Gasteiger partial charge in [0.2, 0.25) is 0 Å². The van der Waals surface area contributed by atoms with E-state index in [1.165, 1.54) is 241 Å². The van der Waals surface area contributed by atoms with Gasteiger partial charge in [-0.25, -0.2) is 0 Å². The van der Waals surface area contributed by atoms with Crippen LogP contribution in [-0.4, -0.2) is 0 Å². The second kappa shape index (κ2) is 41.9. The molecule has 4 aliphatic rings. The molecule has 0 N–H and O–H groups in total. The first-order chi connectivity index (χ1) is 64.3. The molecule has 0 amide bonds. The van der Waals surface area contributed by atoms with Gasteiger partial charge < -0.3 is 9.80 Å². The molecule has 4 atom stereocenters. The number of rotatable bonds is 18. The summed E-state index contributed by atoms with van der Waals surface area (Å²) in [5.74, 6) is 2.96. The van der Waals surface area contributed by atoms with Crippen LogP contribution in [0.2, 0.25) is 0 Å². The van der Waals surface area contributed by atoms with Crippen LogP contribution in [0.15, 0.2) is 279 Å². The van der Waals surface area contributed by atoms with E-state index in [9.17, 15) is 0 Å². The molecule has 18 rings (SSSR count). The highest BCUT2D eigenvalue weighted by molar-refractivity contribution is 5.87. The standard InChI is InChI=1S/2C25H29N.2C25H34.2C17H18/c2*1-18-12-14-23(15-13-18)26(22-10-8-7-9-11-22)24-19(2)16-21(17-20(24)3)25(4,5)6;2*1-7-17(3)15-25(16-18(4)8-2)23-13-19(5)9-11-21(23)22-12-10-20(6)14-24(22)25;2*1-11-5-7-13-14-8-6-12(2)10-16(14)17(3,4)15(13)9-11/h2*7-17H,1-6H3;2*9-14,17-18H,7-8,15-16H2,1-6H3;2*5-10H,1-4H3. The van der Waals surface area contributed by atoms with Gasteiger partial charge in [-0.1, -0.05) is 436 Å². The summed E-state index contributed by atoms with van der Waals surface area (Å²) in [6.45, 7) is 72.9. The van der Waals surface area contributed by atoms with Crippen molar-refractivity contribution >= 4 is 34.1 Å². The van der Waals surface area contributed by atoms with E-state index >= 15 is 0 Å². The van der Waals surface area contributed by atoms with Gasteiger partial charge in [0.05, 0.1) is 11.4 Å². The van der Waals surface area contributed by atoms with Gasteiger partial charge in [-0.05, 0) is 328 Å². The maximum absolute atomic E-state index is 2.48. The quantitative estimate of drug-likeness (QED) is 0.0845. The topological polar surface area (TPSA) is 6.48 Å². The molecule has 708 valence electrons. The minimum atomic E-state index is 0.142. The fraction of sp³-hybridized carbons (Fsp3) is 0.373. The second-order valence-corrected chi connectivity index (χ2v) is 45.1. The number of hydrogen-bond donors (Lipinski definition) is 0. The fourth-order valence-corrected chi connectivity index (χ4v) is 22.2. The lowest BCUT2D eigenvalue weighted by Crippen LogP contribution is -2.30. The maximum atomic E-state index is 2.48. The maximum Gasteiger partial charge on any atom is 0.0520 e. The molecule has 0 bridgehead atoms. The Balaban J connectivity index is 0.000000139. The van der Waals surface area contributed by atoms with Crippen molar-refractivity contribution in [2.24, 2.45) is 23.7 Å². The van der Waals surface area contributed by atoms with E-state index in [0.717, 1.165) is 23.7 Å². The van der Waals surface area contributed by atoms with Crippen LogP contribution < -0.4 is 9.80 Å². The first-order valence-electron chi connectivity index (χ1n) is 51.3. The summed E-state index contributed by atoms with van der Waals surface area (Å²) in [6.07, 6.45) is 10.1. The van der Waals surface area contributed by atoms with Gasteiger partial charge in [-0.3, -0.25) is 0 Å². The zero-order valence-corrected chi connectivity index (χ0v) is 89.4. The third kappa shape index (κ3) is 21.8. The smallest absolute Gasteiger partial charge is 0.0520 e. The summed E-state index contributed by atoms with van der Waals surface area (Å²) >= 11 is 0. The van der Waals surface area contributed by atoms with Crippen molar-refractivity contribution in [2.75, 3.05) is 9.80 Å². The Bertz CT molecular complexity index is 5840. The van der Waals surface area contributed by atoms with Crippen molar-refractivity contribution in [2.45, 2.75) is 305 Å². The number of aryl methyl sites for hydroxylation is 14. The molecule has 0 aromatic heterocycles. The zero-order chi connectivity index (χ0) is 98.6. The number of anilines is 6. The van der Waals surface area contributed by atoms with Crippen molar-refractivity contribution in [1.29, 1.82) is 0 Å². The van der Waals surface area contributed by atoms with Crippen LogP contribution in [-0.2, 0) is 32.5 Å². The largest absolute Gasteiger partial charge is 0.310 e. The average Bonchev–Trinajstić information content (AvgIpc) is 1.56. The summed E-state index contributed by atoms with van der Waals surface area (Å²) < 4.78 is 0. The molecular formula is C134H162N2. The molecule has 2 heteroatoms. The lowest BCUT2D eigenvalue weighted by atomic mass is 9.66. The number of nitrogens with zero attached hydrogens (tertiary/aromatic N) is 2. The highest BCUT2D eigenvalue weighted by Crippen LogP contribution is 2.59. The van der Waals surface area contributed by atoms with Crippen molar-refractivity contribution in [3.05, 3.63) is 413 Å². The Morgan fingerprint density at radius 3 is 0.588 bits per heavy atom. The van der Waals surface area contributed by atoms with Crippen molar-refractivity contribution in [1.82, 2.24) is 0 Å². The molecule has 14 aromatic carbocycles. The normalized spacial score (nSPS) is 14.5. The Morgan fingerprint density at radius 1 is 0.221 bits per heavy atom. The van der Waals surface area contributed by atoms with Gasteiger partial charge in [0.25, 0.3) is 0 Å². The first-order valence-corrected chi connectivity index (χ1v) is 51.3. The van der Waals surface area contributed by atoms with E-state index in [0.29, 0.717) is 0 Å². The second-order valence-electron chi connectivity index (χ2n) is 45.1. The highest BCUT2D eigenvalue weighted by Gasteiger charge is 2.47.